The maximum atomic E-state index is 10.5. The number of hydrogen-bond acceptors (Lipinski definition) is 3. The van der Waals surface area contributed by atoms with Crippen LogP contribution < -0.4 is 5.73 Å². The summed E-state index contributed by atoms with van der Waals surface area (Å²) in [6.07, 6.45) is 5.10. The van der Waals surface area contributed by atoms with Crippen LogP contribution in [0, 0.1) is 13.1 Å². The number of nitrogens with two attached hydrogens (primary N) is 1. The Morgan fingerprint density at radius 2 is 1.75 bits per heavy atom. The molecule has 0 aromatic heterocycles. The van der Waals surface area contributed by atoms with Gasteiger partial charge in [0, 0.05) is 9.13 Å². The van der Waals surface area contributed by atoms with Crippen molar-refractivity contribution in [3.63, 3.8) is 0 Å². The lowest BCUT2D eigenvalue weighted by molar-refractivity contribution is 0.0610. The SMILES string of the molecule is Cl.N[C@H](c1cc(I)cc(I)c1O)[C@@H](O)C1CCCCC1. The van der Waals surface area contributed by atoms with Gasteiger partial charge in [-0.3, -0.25) is 0 Å². The van der Waals surface area contributed by atoms with Crippen LogP contribution in [0.15, 0.2) is 12.1 Å². The van der Waals surface area contributed by atoms with Crippen LogP contribution in [0.1, 0.15) is 43.7 Å². The molecule has 3 nitrogen and oxygen atoms in total. The van der Waals surface area contributed by atoms with Gasteiger partial charge in [0.25, 0.3) is 0 Å². The predicted octanol–water partition coefficient (Wildman–Crippen LogP) is 3.96. The molecule has 1 aromatic carbocycles. The molecule has 20 heavy (non-hydrogen) atoms. The van der Waals surface area contributed by atoms with E-state index in [-0.39, 0.29) is 24.1 Å². The van der Waals surface area contributed by atoms with Gasteiger partial charge in [-0.25, -0.2) is 0 Å². The molecule has 0 aliphatic heterocycles. The molecule has 1 saturated carbocycles. The Hall–Kier alpha value is 0.690. The van der Waals surface area contributed by atoms with Gasteiger partial charge in [-0.1, -0.05) is 19.3 Å². The monoisotopic (exact) mass is 523 g/mol. The van der Waals surface area contributed by atoms with E-state index in [4.69, 9.17) is 5.73 Å². The fourth-order valence-electron chi connectivity index (χ4n) is 2.79. The van der Waals surface area contributed by atoms with Gasteiger partial charge in [-0.05, 0) is 76.1 Å². The van der Waals surface area contributed by atoms with Gasteiger partial charge in [0.2, 0.25) is 0 Å². The van der Waals surface area contributed by atoms with Crippen molar-refractivity contribution in [3.8, 4) is 5.75 Å². The van der Waals surface area contributed by atoms with Crippen LogP contribution in [0.25, 0.3) is 0 Å². The zero-order valence-electron chi connectivity index (χ0n) is 11.1. The van der Waals surface area contributed by atoms with Gasteiger partial charge >= 0.3 is 0 Å². The Morgan fingerprint density at radius 1 is 1.15 bits per heavy atom. The second-order valence-electron chi connectivity index (χ2n) is 5.24. The average molecular weight is 524 g/mol. The summed E-state index contributed by atoms with van der Waals surface area (Å²) < 4.78 is 1.81. The molecule has 0 radical (unpaired) electrons. The normalized spacial score (nSPS) is 19.2. The number of rotatable bonds is 3. The third-order valence-electron chi connectivity index (χ3n) is 3.92. The van der Waals surface area contributed by atoms with Crippen LogP contribution in [0.5, 0.6) is 5.75 Å². The van der Waals surface area contributed by atoms with Crippen molar-refractivity contribution in [1.82, 2.24) is 0 Å². The lowest BCUT2D eigenvalue weighted by atomic mass is 9.81. The van der Waals surface area contributed by atoms with E-state index in [1.807, 2.05) is 12.1 Å². The molecule has 0 bridgehead atoms. The van der Waals surface area contributed by atoms with Crippen molar-refractivity contribution in [2.75, 3.05) is 0 Å². The van der Waals surface area contributed by atoms with E-state index in [0.29, 0.717) is 5.56 Å². The molecule has 6 heteroatoms. The summed E-state index contributed by atoms with van der Waals surface area (Å²) in [7, 11) is 0. The number of phenols is 1. The Balaban J connectivity index is 0.00000200. The molecule has 1 aromatic rings. The lowest BCUT2D eigenvalue weighted by Crippen LogP contribution is -2.34. The van der Waals surface area contributed by atoms with E-state index in [1.54, 1.807) is 0 Å². The summed E-state index contributed by atoms with van der Waals surface area (Å²) in [5.74, 6) is 0.474. The quantitative estimate of drug-likeness (QED) is 0.526. The zero-order chi connectivity index (χ0) is 14.0. The van der Waals surface area contributed by atoms with E-state index in [2.05, 4.69) is 45.2 Å². The first kappa shape index (κ1) is 18.7. The van der Waals surface area contributed by atoms with Gasteiger partial charge in [0.15, 0.2) is 0 Å². The van der Waals surface area contributed by atoms with Crippen molar-refractivity contribution in [1.29, 1.82) is 0 Å². The minimum atomic E-state index is -0.569. The highest BCUT2D eigenvalue weighted by Crippen LogP contribution is 2.36. The molecule has 1 fully saturated rings. The van der Waals surface area contributed by atoms with Crippen molar-refractivity contribution in [3.05, 3.63) is 24.8 Å². The Bertz CT molecular complexity index is 453. The first-order chi connectivity index (χ1) is 9.00. The molecule has 0 unspecified atom stereocenters. The number of aliphatic hydroxyl groups excluding tert-OH is 1. The van der Waals surface area contributed by atoms with E-state index in [9.17, 15) is 10.2 Å². The highest BCUT2D eigenvalue weighted by molar-refractivity contribution is 14.1. The Morgan fingerprint density at radius 3 is 2.35 bits per heavy atom. The van der Waals surface area contributed by atoms with Crippen molar-refractivity contribution >= 4 is 57.6 Å². The van der Waals surface area contributed by atoms with Crippen molar-refractivity contribution < 1.29 is 10.2 Å². The molecule has 1 aliphatic carbocycles. The fraction of sp³-hybridized carbons (Fsp3) is 0.571. The van der Waals surface area contributed by atoms with Crippen LogP contribution in [-0.4, -0.2) is 16.3 Å². The summed E-state index contributed by atoms with van der Waals surface area (Å²) >= 11 is 4.30. The summed E-state index contributed by atoms with van der Waals surface area (Å²) in [5.41, 5.74) is 6.85. The molecule has 1 aliphatic rings. The summed E-state index contributed by atoms with van der Waals surface area (Å²) in [6.45, 7) is 0. The molecule has 0 amide bonds. The molecule has 4 N–H and O–H groups in total. The van der Waals surface area contributed by atoms with Crippen molar-refractivity contribution in [2.45, 2.75) is 44.2 Å². The molecule has 114 valence electrons. The number of phenolic OH excluding ortho intramolecular Hbond substituents is 1. The van der Waals surface area contributed by atoms with E-state index in [1.165, 1.54) is 19.3 Å². The van der Waals surface area contributed by atoms with Gasteiger partial charge in [-0.15, -0.1) is 12.4 Å². The fourth-order valence-corrected chi connectivity index (χ4v) is 4.68. The lowest BCUT2D eigenvalue weighted by Gasteiger charge is -2.31. The highest BCUT2D eigenvalue weighted by Gasteiger charge is 2.29. The van der Waals surface area contributed by atoms with Crippen LogP contribution in [0.4, 0.5) is 0 Å². The molecule has 0 spiro atoms. The smallest absolute Gasteiger partial charge is 0.133 e. The summed E-state index contributed by atoms with van der Waals surface area (Å²) in [4.78, 5) is 0. The molecule has 2 rings (SSSR count). The number of halogens is 3. The first-order valence-corrected chi connectivity index (χ1v) is 8.78. The minimum absolute atomic E-state index is 0. The highest BCUT2D eigenvalue weighted by atomic mass is 127. The van der Waals surface area contributed by atoms with Crippen LogP contribution in [0.2, 0.25) is 0 Å². The molecular weight excluding hydrogens is 503 g/mol. The van der Waals surface area contributed by atoms with Gasteiger partial charge < -0.3 is 15.9 Å². The number of benzene rings is 1. The third-order valence-corrected chi connectivity index (χ3v) is 5.36. The molecular formula is C14H20ClI2NO2. The van der Waals surface area contributed by atoms with Crippen LogP contribution in [0.3, 0.4) is 0 Å². The van der Waals surface area contributed by atoms with E-state index >= 15 is 0 Å². The van der Waals surface area contributed by atoms with Gasteiger partial charge in [-0.2, -0.15) is 0 Å². The van der Waals surface area contributed by atoms with Crippen LogP contribution >= 0.6 is 57.6 Å². The van der Waals surface area contributed by atoms with E-state index < -0.39 is 12.1 Å². The molecule has 0 saturated heterocycles. The maximum Gasteiger partial charge on any atom is 0.133 e. The van der Waals surface area contributed by atoms with E-state index in [0.717, 1.165) is 20.0 Å². The predicted molar refractivity (Wildman–Crippen MR) is 100 cm³/mol. The largest absolute Gasteiger partial charge is 0.506 e. The molecule has 2 atom stereocenters. The third kappa shape index (κ3) is 4.34. The summed E-state index contributed by atoms with van der Waals surface area (Å²) in [5, 5.41) is 20.6. The first-order valence-electron chi connectivity index (χ1n) is 6.62. The average Bonchev–Trinajstić information content (AvgIpc) is 2.42. The number of hydrogen-bond donors (Lipinski definition) is 3. The Kier molecular flexibility index (Phi) is 7.83. The zero-order valence-corrected chi connectivity index (χ0v) is 16.2. The standard InChI is InChI=1S/C14H19I2NO2.ClH/c15-9-6-10(14(19)11(16)7-9)12(17)13(18)8-4-2-1-3-5-8;/h6-8,12-13,18-19H,1-5,17H2;1H/t12-,13+;/m1./s1. The minimum Gasteiger partial charge on any atom is -0.506 e. The second kappa shape index (κ2) is 8.36. The maximum absolute atomic E-state index is 10.5. The van der Waals surface area contributed by atoms with Gasteiger partial charge in [0.1, 0.15) is 5.75 Å². The second-order valence-corrected chi connectivity index (χ2v) is 7.65. The van der Waals surface area contributed by atoms with Crippen LogP contribution in [-0.2, 0) is 0 Å². The number of aliphatic hydroxyl groups is 1. The number of aromatic hydroxyl groups is 1. The summed E-state index contributed by atoms with van der Waals surface area (Å²) in [6, 6.07) is 3.26. The topological polar surface area (TPSA) is 66.5 Å². The molecule has 0 heterocycles. The van der Waals surface area contributed by atoms with Crippen molar-refractivity contribution in [2.24, 2.45) is 11.7 Å². The Labute approximate surface area is 153 Å². The van der Waals surface area contributed by atoms with Gasteiger partial charge in [0.05, 0.1) is 15.7 Å².